The van der Waals surface area contributed by atoms with Crippen LogP contribution in [0.2, 0.25) is 0 Å². The van der Waals surface area contributed by atoms with Crippen LogP contribution in [0.15, 0.2) is 24.3 Å². The topological polar surface area (TPSA) is 32.5 Å². The van der Waals surface area contributed by atoms with Crippen LogP contribution in [0.5, 0.6) is 0 Å². The van der Waals surface area contributed by atoms with Gasteiger partial charge in [-0.15, -0.1) is 0 Å². The zero-order valence-electron chi connectivity index (χ0n) is 11.8. The molecule has 1 saturated heterocycles. The maximum absolute atomic E-state index is 13.4. The highest BCUT2D eigenvalue weighted by molar-refractivity contribution is 5.48. The van der Waals surface area contributed by atoms with E-state index in [1.807, 2.05) is 6.07 Å². The molecule has 3 nitrogen and oxygen atoms in total. The number of hydrogen-bond donors (Lipinski definition) is 1. The van der Waals surface area contributed by atoms with Gasteiger partial charge in [-0.05, 0) is 44.1 Å². The fourth-order valence-electron chi connectivity index (χ4n) is 3.02. The monoisotopic (exact) mass is 265 g/mol. The Morgan fingerprint density at radius 2 is 2.11 bits per heavy atom. The van der Waals surface area contributed by atoms with Gasteiger partial charge in [0.1, 0.15) is 5.82 Å². The Balaban J connectivity index is 2.26. The van der Waals surface area contributed by atoms with E-state index in [4.69, 9.17) is 5.73 Å². The molecule has 0 saturated carbocycles. The molecule has 0 spiro atoms. The highest BCUT2D eigenvalue weighted by Crippen LogP contribution is 2.24. The molecule has 1 aliphatic rings. The number of likely N-dealkylation sites (N-methyl/N-ethyl adjacent to an activating group) is 1. The number of halogens is 1. The van der Waals surface area contributed by atoms with Gasteiger partial charge in [0.25, 0.3) is 0 Å². The lowest BCUT2D eigenvalue weighted by atomic mass is 10.1. The first-order valence-corrected chi connectivity index (χ1v) is 7.01. The van der Waals surface area contributed by atoms with Crippen LogP contribution in [-0.4, -0.2) is 44.2 Å². The Kier molecular flexibility index (Phi) is 4.77. The molecule has 1 fully saturated rings. The van der Waals surface area contributed by atoms with E-state index in [9.17, 15) is 4.39 Å². The second-order valence-corrected chi connectivity index (χ2v) is 5.69. The van der Waals surface area contributed by atoms with Gasteiger partial charge < -0.3 is 15.5 Å². The van der Waals surface area contributed by atoms with Crippen LogP contribution >= 0.6 is 0 Å². The first-order chi connectivity index (χ1) is 9.10. The number of nitrogens with zero attached hydrogens (tertiary/aromatic N) is 2. The lowest BCUT2D eigenvalue weighted by Gasteiger charge is -2.33. The smallest absolute Gasteiger partial charge is 0.125 e. The van der Waals surface area contributed by atoms with E-state index >= 15 is 0 Å². The van der Waals surface area contributed by atoms with Gasteiger partial charge in [-0.1, -0.05) is 13.0 Å². The van der Waals surface area contributed by atoms with Gasteiger partial charge in [0, 0.05) is 31.4 Å². The largest absolute Gasteiger partial charge is 0.367 e. The van der Waals surface area contributed by atoms with Gasteiger partial charge in [0.2, 0.25) is 0 Å². The Labute approximate surface area is 115 Å². The summed E-state index contributed by atoms with van der Waals surface area (Å²) >= 11 is 0. The van der Waals surface area contributed by atoms with E-state index in [0.29, 0.717) is 18.5 Å². The van der Waals surface area contributed by atoms with Crippen LogP contribution in [0.3, 0.4) is 0 Å². The summed E-state index contributed by atoms with van der Waals surface area (Å²) in [6.07, 6.45) is 0.938. The fraction of sp³-hybridized carbons (Fsp3) is 0.600. The minimum Gasteiger partial charge on any atom is -0.367 e. The first kappa shape index (κ1) is 14.3. The van der Waals surface area contributed by atoms with Crippen molar-refractivity contribution >= 4 is 5.69 Å². The van der Waals surface area contributed by atoms with E-state index in [1.54, 1.807) is 12.1 Å². The van der Waals surface area contributed by atoms with Crippen LogP contribution in [0.25, 0.3) is 0 Å². The summed E-state index contributed by atoms with van der Waals surface area (Å²) in [5.41, 5.74) is 6.71. The summed E-state index contributed by atoms with van der Waals surface area (Å²) < 4.78 is 13.4. The highest BCUT2D eigenvalue weighted by Gasteiger charge is 2.26. The molecule has 2 rings (SSSR count). The van der Waals surface area contributed by atoms with Gasteiger partial charge in [-0.2, -0.15) is 0 Å². The summed E-state index contributed by atoms with van der Waals surface area (Å²) in [4.78, 5) is 4.67. The molecule has 1 aromatic rings. The van der Waals surface area contributed by atoms with Crippen molar-refractivity contribution < 1.29 is 4.39 Å². The number of benzene rings is 1. The lowest BCUT2D eigenvalue weighted by molar-refractivity contribution is 0.300. The molecule has 0 bridgehead atoms. The van der Waals surface area contributed by atoms with E-state index in [0.717, 1.165) is 31.7 Å². The Morgan fingerprint density at radius 1 is 1.32 bits per heavy atom. The van der Waals surface area contributed by atoms with E-state index in [2.05, 4.69) is 23.8 Å². The molecular formula is C15H24FN3. The minimum atomic E-state index is -0.172. The molecule has 2 N–H and O–H groups in total. The molecule has 2 unspecified atom stereocenters. The van der Waals surface area contributed by atoms with Gasteiger partial charge >= 0.3 is 0 Å². The summed E-state index contributed by atoms with van der Waals surface area (Å²) in [5.74, 6) is 0.394. The Bertz CT molecular complexity index is 410. The molecule has 0 aromatic heterocycles. The van der Waals surface area contributed by atoms with Crippen LogP contribution in [0.1, 0.15) is 13.3 Å². The van der Waals surface area contributed by atoms with Gasteiger partial charge in [-0.3, -0.25) is 0 Å². The van der Waals surface area contributed by atoms with E-state index < -0.39 is 0 Å². The van der Waals surface area contributed by atoms with Gasteiger partial charge in [-0.25, -0.2) is 4.39 Å². The second kappa shape index (κ2) is 6.35. The molecule has 4 heteroatoms. The third-order valence-corrected chi connectivity index (χ3v) is 3.73. The number of hydrogen-bond acceptors (Lipinski definition) is 3. The summed E-state index contributed by atoms with van der Waals surface area (Å²) in [7, 11) is 2.15. The van der Waals surface area contributed by atoms with Crippen molar-refractivity contribution in [3.63, 3.8) is 0 Å². The normalized spacial score (nSPS) is 25.4. The number of nitrogens with two attached hydrogens (primary N) is 1. The minimum absolute atomic E-state index is 0.172. The number of anilines is 1. The van der Waals surface area contributed by atoms with Crippen molar-refractivity contribution in [1.29, 1.82) is 0 Å². The van der Waals surface area contributed by atoms with Crippen LogP contribution in [-0.2, 0) is 0 Å². The molecular weight excluding hydrogens is 241 g/mol. The molecule has 1 aromatic carbocycles. The second-order valence-electron chi connectivity index (χ2n) is 5.69. The van der Waals surface area contributed by atoms with Gasteiger partial charge in [0.15, 0.2) is 0 Å². The molecule has 19 heavy (non-hydrogen) atoms. The third-order valence-electron chi connectivity index (χ3n) is 3.73. The predicted molar refractivity (Wildman–Crippen MR) is 77.9 cm³/mol. The Morgan fingerprint density at radius 3 is 2.79 bits per heavy atom. The summed E-state index contributed by atoms with van der Waals surface area (Å²) in [6.45, 7) is 5.93. The summed E-state index contributed by atoms with van der Waals surface area (Å²) in [6, 6.07) is 7.26. The molecule has 106 valence electrons. The zero-order valence-corrected chi connectivity index (χ0v) is 11.8. The average Bonchev–Trinajstić information content (AvgIpc) is 2.48. The third kappa shape index (κ3) is 3.67. The lowest BCUT2D eigenvalue weighted by Crippen LogP contribution is -2.42. The fourth-order valence-corrected chi connectivity index (χ4v) is 3.02. The molecule has 0 amide bonds. The summed E-state index contributed by atoms with van der Waals surface area (Å²) in [5, 5.41) is 0. The highest BCUT2D eigenvalue weighted by atomic mass is 19.1. The van der Waals surface area contributed by atoms with E-state index in [1.165, 1.54) is 6.07 Å². The van der Waals surface area contributed by atoms with Crippen LogP contribution < -0.4 is 10.6 Å². The number of rotatable bonds is 3. The molecule has 0 aliphatic carbocycles. The molecule has 1 aliphatic heterocycles. The first-order valence-electron chi connectivity index (χ1n) is 7.01. The van der Waals surface area contributed by atoms with Crippen LogP contribution in [0, 0.1) is 11.7 Å². The standard InChI is InChI=1S/C15H24FN3/c1-12-9-18(2)11-15(6-7-17)19(10-12)14-5-3-4-13(16)8-14/h3-5,8,12,15H,6-7,9-11,17H2,1-2H3. The van der Waals surface area contributed by atoms with E-state index in [-0.39, 0.29) is 5.82 Å². The maximum Gasteiger partial charge on any atom is 0.125 e. The maximum atomic E-state index is 13.4. The molecule has 0 radical (unpaired) electrons. The quantitative estimate of drug-likeness (QED) is 0.906. The van der Waals surface area contributed by atoms with Gasteiger partial charge in [0.05, 0.1) is 0 Å². The van der Waals surface area contributed by atoms with Crippen molar-refractivity contribution in [2.75, 3.05) is 38.1 Å². The van der Waals surface area contributed by atoms with Crippen molar-refractivity contribution in [2.45, 2.75) is 19.4 Å². The van der Waals surface area contributed by atoms with Crippen molar-refractivity contribution in [3.05, 3.63) is 30.1 Å². The predicted octanol–water partition coefficient (Wildman–Crippen LogP) is 1.93. The zero-order chi connectivity index (χ0) is 13.8. The van der Waals surface area contributed by atoms with Crippen molar-refractivity contribution in [3.8, 4) is 0 Å². The average molecular weight is 265 g/mol. The SMILES string of the molecule is CC1CN(C)CC(CCN)N(c2cccc(F)c2)C1. The molecule has 1 heterocycles. The van der Waals surface area contributed by atoms with Crippen molar-refractivity contribution in [1.82, 2.24) is 4.90 Å². The van der Waals surface area contributed by atoms with Crippen molar-refractivity contribution in [2.24, 2.45) is 11.7 Å². The Hall–Kier alpha value is -1.13. The van der Waals surface area contributed by atoms with Crippen LogP contribution in [0.4, 0.5) is 10.1 Å². The molecule has 2 atom stereocenters.